The van der Waals surface area contributed by atoms with Gasteiger partial charge < -0.3 is 19.3 Å². The predicted octanol–water partition coefficient (Wildman–Crippen LogP) is 0.487. The Hall–Kier alpha value is -3.36. The average molecular weight is 370 g/mol. The van der Waals surface area contributed by atoms with E-state index in [4.69, 9.17) is 9.47 Å². The van der Waals surface area contributed by atoms with Gasteiger partial charge in [0.05, 0.1) is 0 Å². The molecule has 0 unspecified atom stereocenters. The average Bonchev–Trinajstić information content (AvgIpc) is 3.02. The minimum atomic E-state index is -0.358. The van der Waals surface area contributed by atoms with Gasteiger partial charge in [-0.2, -0.15) is 5.10 Å². The topological polar surface area (TPSA) is 105 Å². The summed E-state index contributed by atoms with van der Waals surface area (Å²) < 4.78 is 10.6. The number of nitrogens with one attached hydrogen (secondary N) is 1. The quantitative estimate of drug-likeness (QED) is 0.825. The third-order valence-corrected chi connectivity index (χ3v) is 4.59. The van der Waals surface area contributed by atoms with Crippen LogP contribution in [0.2, 0.25) is 0 Å². The molecule has 2 aliphatic rings. The fourth-order valence-corrected chi connectivity index (χ4v) is 3.16. The maximum Gasteiger partial charge on any atom is 0.274 e. The molecule has 9 nitrogen and oxygen atoms in total. The number of amides is 2. The lowest BCUT2D eigenvalue weighted by atomic mass is 10.1. The number of hydrogen-bond donors (Lipinski definition) is 1. The number of nitrogens with zero attached hydrogens (tertiary/aromatic N) is 3. The molecular weight excluding hydrogens is 352 g/mol. The number of aromatic amines is 1. The van der Waals surface area contributed by atoms with E-state index in [2.05, 4.69) is 10.2 Å². The second-order valence-electron chi connectivity index (χ2n) is 6.31. The third-order valence-electron chi connectivity index (χ3n) is 4.59. The highest BCUT2D eigenvalue weighted by Crippen LogP contribution is 2.32. The van der Waals surface area contributed by atoms with Crippen LogP contribution in [0.4, 0.5) is 0 Å². The van der Waals surface area contributed by atoms with Crippen LogP contribution in [-0.2, 0) is 0 Å². The molecule has 2 amide bonds. The molecule has 0 atom stereocenters. The van der Waals surface area contributed by atoms with Crippen molar-refractivity contribution in [2.75, 3.05) is 33.0 Å². The Balaban J connectivity index is 1.43. The van der Waals surface area contributed by atoms with Gasteiger partial charge in [-0.3, -0.25) is 14.4 Å². The summed E-state index contributed by atoms with van der Waals surface area (Å²) in [5, 5.41) is 6.05. The van der Waals surface area contributed by atoms with Crippen LogP contribution in [0.1, 0.15) is 27.3 Å². The van der Waals surface area contributed by atoms with Crippen LogP contribution in [0.3, 0.4) is 0 Å². The number of ether oxygens (including phenoxy) is 2. The van der Waals surface area contributed by atoms with Crippen LogP contribution in [0.25, 0.3) is 0 Å². The first-order chi connectivity index (χ1) is 13.1. The highest BCUT2D eigenvalue weighted by molar-refractivity contribution is 5.95. The summed E-state index contributed by atoms with van der Waals surface area (Å²) in [4.78, 5) is 39.8. The zero-order chi connectivity index (χ0) is 18.8. The van der Waals surface area contributed by atoms with Gasteiger partial charge in [0, 0.05) is 37.8 Å². The van der Waals surface area contributed by atoms with Crippen LogP contribution in [0.5, 0.6) is 11.5 Å². The van der Waals surface area contributed by atoms with Crippen molar-refractivity contribution in [2.24, 2.45) is 0 Å². The van der Waals surface area contributed by atoms with Crippen molar-refractivity contribution in [2.45, 2.75) is 6.42 Å². The molecule has 0 aliphatic carbocycles. The summed E-state index contributed by atoms with van der Waals surface area (Å²) in [6, 6.07) is 7.80. The van der Waals surface area contributed by atoms with E-state index in [1.54, 1.807) is 28.0 Å². The molecule has 1 aromatic carbocycles. The summed E-state index contributed by atoms with van der Waals surface area (Å²) in [6.07, 6.45) is 0.658. The molecule has 0 bridgehead atoms. The third kappa shape index (κ3) is 3.48. The van der Waals surface area contributed by atoms with Crippen molar-refractivity contribution < 1.29 is 19.1 Å². The molecule has 4 rings (SSSR count). The fourth-order valence-electron chi connectivity index (χ4n) is 3.16. The van der Waals surface area contributed by atoms with Crippen LogP contribution in [0, 0.1) is 0 Å². The first-order valence-corrected chi connectivity index (χ1v) is 8.66. The van der Waals surface area contributed by atoms with Gasteiger partial charge >= 0.3 is 0 Å². The maximum absolute atomic E-state index is 12.8. The standard InChI is InChI=1S/C18H18N4O5/c23-16-5-3-13(19-20-16)18(25)22-7-1-6-21(8-9-22)17(24)12-2-4-14-15(10-12)27-11-26-14/h2-5,10H,1,6-9,11H2,(H,20,23). The van der Waals surface area contributed by atoms with Crippen LogP contribution >= 0.6 is 0 Å². The van der Waals surface area contributed by atoms with E-state index < -0.39 is 0 Å². The molecule has 0 saturated carbocycles. The van der Waals surface area contributed by atoms with E-state index in [-0.39, 0.29) is 29.9 Å². The highest BCUT2D eigenvalue weighted by atomic mass is 16.7. The SMILES string of the molecule is O=C(c1ccc2c(c1)OCO2)N1CCCN(C(=O)c2ccc(=O)[nH]n2)CC1. The minimum absolute atomic E-state index is 0.107. The molecule has 140 valence electrons. The Morgan fingerprint density at radius 1 is 0.926 bits per heavy atom. The Labute approximate surface area is 154 Å². The van der Waals surface area contributed by atoms with E-state index >= 15 is 0 Å². The highest BCUT2D eigenvalue weighted by Gasteiger charge is 2.25. The van der Waals surface area contributed by atoms with Crippen LogP contribution < -0.4 is 15.0 Å². The van der Waals surface area contributed by atoms with Gasteiger partial charge in [0.1, 0.15) is 5.69 Å². The number of fused-ring (bicyclic) bond motifs is 1. The number of carbonyl (C=O) groups is 2. The van der Waals surface area contributed by atoms with Gasteiger partial charge in [0.25, 0.3) is 17.4 Å². The normalized spacial score (nSPS) is 16.1. The smallest absolute Gasteiger partial charge is 0.274 e. The van der Waals surface area contributed by atoms with Crippen molar-refractivity contribution in [1.82, 2.24) is 20.0 Å². The van der Waals surface area contributed by atoms with Gasteiger partial charge in [-0.15, -0.1) is 0 Å². The Morgan fingerprint density at radius 3 is 2.41 bits per heavy atom. The molecule has 3 heterocycles. The molecule has 2 aromatic rings. The number of hydrogen-bond acceptors (Lipinski definition) is 6. The Bertz CT molecular complexity index is 921. The predicted molar refractivity (Wildman–Crippen MR) is 93.8 cm³/mol. The van der Waals surface area contributed by atoms with E-state index in [9.17, 15) is 14.4 Å². The molecule has 0 spiro atoms. The summed E-state index contributed by atoms with van der Waals surface area (Å²) in [5.41, 5.74) is 0.356. The zero-order valence-corrected chi connectivity index (χ0v) is 14.5. The fraction of sp³-hybridized carbons (Fsp3) is 0.333. The summed E-state index contributed by atoms with van der Waals surface area (Å²) >= 11 is 0. The lowest BCUT2D eigenvalue weighted by molar-refractivity contribution is 0.0715. The monoisotopic (exact) mass is 370 g/mol. The van der Waals surface area contributed by atoms with Crippen molar-refractivity contribution in [3.05, 3.63) is 51.9 Å². The lowest BCUT2D eigenvalue weighted by Crippen LogP contribution is -2.37. The Kier molecular flexibility index (Phi) is 4.49. The second-order valence-corrected chi connectivity index (χ2v) is 6.31. The lowest BCUT2D eigenvalue weighted by Gasteiger charge is -2.22. The Morgan fingerprint density at radius 2 is 1.67 bits per heavy atom. The van der Waals surface area contributed by atoms with E-state index in [1.165, 1.54) is 12.1 Å². The summed E-state index contributed by atoms with van der Waals surface area (Å²) in [7, 11) is 0. The molecule has 27 heavy (non-hydrogen) atoms. The van der Waals surface area contributed by atoms with Crippen LogP contribution in [0.15, 0.2) is 35.1 Å². The molecule has 0 radical (unpaired) electrons. The molecule has 1 N–H and O–H groups in total. The second kappa shape index (κ2) is 7.10. The number of rotatable bonds is 2. The number of carbonyl (C=O) groups excluding carboxylic acids is 2. The number of aromatic nitrogens is 2. The van der Waals surface area contributed by atoms with Gasteiger partial charge in [-0.25, -0.2) is 5.10 Å². The van der Waals surface area contributed by atoms with Gasteiger partial charge in [0.2, 0.25) is 6.79 Å². The molecular formula is C18H18N4O5. The summed E-state index contributed by atoms with van der Waals surface area (Å²) in [6.45, 7) is 2.05. The van der Waals surface area contributed by atoms with Crippen molar-refractivity contribution in [3.63, 3.8) is 0 Å². The van der Waals surface area contributed by atoms with E-state index in [0.717, 1.165) is 0 Å². The van der Waals surface area contributed by atoms with Crippen molar-refractivity contribution >= 4 is 11.8 Å². The van der Waals surface area contributed by atoms with Gasteiger partial charge in [-0.05, 0) is 30.7 Å². The maximum atomic E-state index is 12.8. The zero-order valence-electron chi connectivity index (χ0n) is 14.5. The van der Waals surface area contributed by atoms with E-state index in [1.807, 2.05) is 0 Å². The van der Waals surface area contributed by atoms with Crippen LogP contribution in [-0.4, -0.2) is 64.8 Å². The molecule has 2 aliphatic heterocycles. The minimum Gasteiger partial charge on any atom is -0.454 e. The molecule has 1 fully saturated rings. The molecule has 1 aromatic heterocycles. The largest absolute Gasteiger partial charge is 0.454 e. The first-order valence-electron chi connectivity index (χ1n) is 8.66. The molecule has 1 saturated heterocycles. The van der Waals surface area contributed by atoms with Crippen molar-refractivity contribution in [1.29, 1.82) is 0 Å². The summed E-state index contributed by atoms with van der Waals surface area (Å²) in [5.74, 6) is 0.831. The molecule has 9 heteroatoms. The first kappa shape index (κ1) is 17.1. The van der Waals surface area contributed by atoms with Gasteiger partial charge in [-0.1, -0.05) is 0 Å². The number of H-pyrrole nitrogens is 1. The van der Waals surface area contributed by atoms with Gasteiger partial charge in [0.15, 0.2) is 11.5 Å². The van der Waals surface area contributed by atoms with E-state index in [0.29, 0.717) is 49.7 Å². The number of benzene rings is 1. The van der Waals surface area contributed by atoms with Crippen molar-refractivity contribution in [3.8, 4) is 11.5 Å².